The molecule has 1 aromatic rings. The smallest absolute Gasteiger partial charge is 0.333 e. The highest BCUT2D eigenvalue weighted by Crippen LogP contribution is 2.36. The van der Waals surface area contributed by atoms with E-state index in [1.165, 1.54) is 37.2 Å². The number of aromatic nitrogens is 2. The Morgan fingerprint density at radius 2 is 1.97 bits per heavy atom. The van der Waals surface area contributed by atoms with Crippen LogP contribution < -0.4 is 10.0 Å². The van der Waals surface area contributed by atoms with Gasteiger partial charge in [0.2, 0.25) is 0 Å². The summed E-state index contributed by atoms with van der Waals surface area (Å²) in [4.78, 5) is 12.6. The van der Waals surface area contributed by atoms with Gasteiger partial charge in [-0.15, -0.1) is 0 Å². The van der Waals surface area contributed by atoms with Gasteiger partial charge in [-0.1, -0.05) is 12.7 Å². The molecule has 30 heavy (non-hydrogen) atoms. The van der Waals surface area contributed by atoms with E-state index in [-0.39, 0.29) is 5.03 Å². The van der Waals surface area contributed by atoms with Crippen molar-refractivity contribution in [2.24, 2.45) is 7.05 Å². The number of nitrogens with zero attached hydrogens (tertiary/aromatic N) is 2. The lowest BCUT2D eigenvalue weighted by atomic mass is 10.0. The number of nitrogens with one attached hydrogen (secondary N) is 2. The first-order chi connectivity index (χ1) is 14.0. The first-order valence-electron chi connectivity index (χ1n) is 10.2. The summed E-state index contributed by atoms with van der Waals surface area (Å²) in [6, 6.07) is 0.411. The van der Waals surface area contributed by atoms with Gasteiger partial charge in [0.05, 0.1) is 5.69 Å². The van der Waals surface area contributed by atoms with Gasteiger partial charge in [-0.25, -0.2) is 9.52 Å². The molecule has 9 heteroatoms. The zero-order chi connectivity index (χ0) is 22.1. The topological polar surface area (TPSA) is 113 Å². The molecule has 0 bridgehead atoms. The second-order valence-corrected chi connectivity index (χ2v) is 10.0. The average Bonchev–Trinajstić information content (AvgIpc) is 3.25. The summed E-state index contributed by atoms with van der Waals surface area (Å²) in [7, 11) is -2.67. The predicted octanol–water partition coefficient (Wildman–Crippen LogP) is 3.13. The van der Waals surface area contributed by atoms with E-state index in [0.29, 0.717) is 11.4 Å². The lowest BCUT2D eigenvalue weighted by molar-refractivity contribution is 0.0695. The van der Waals surface area contributed by atoms with Gasteiger partial charge >= 0.3 is 6.03 Å². The van der Waals surface area contributed by atoms with Crippen LogP contribution in [0.1, 0.15) is 64.5 Å². The van der Waals surface area contributed by atoms with Gasteiger partial charge in [-0.3, -0.25) is 4.68 Å². The highest BCUT2D eigenvalue weighted by molar-refractivity contribution is 7.90. The van der Waals surface area contributed by atoms with Gasteiger partial charge in [0.1, 0.15) is 5.60 Å². The first kappa shape index (κ1) is 22.3. The molecular formula is C21H30N4O4S. The van der Waals surface area contributed by atoms with Crippen molar-refractivity contribution in [3.05, 3.63) is 46.8 Å². The van der Waals surface area contributed by atoms with Crippen LogP contribution in [0, 0.1) is 0 Å². The second kappa shape index (κ2) is 8.39. The van der Waals surface area contributed by atoms with Gasteiger partial charge in [0.15, 0.2) is 5.03 Å². The Morgan fingerprint density at radius 3 is 2.63 bits per heavy atom. The quantitative estimate of drug-likeness (QED) is 0.674. The second-order valence-electron chi connectivity index (χ2n) is 8.40. The van der Waals surface area contributed by atoms with E-state index in [1.807, 2.05) is 4.72 Å². The number of urea groups is 1. The molecule has 3 rings (SSSR count). The number of allylic oxidation sites excluding steroid dienone is 4. The molecule has 1 heterocycles. The van der Waals surface area contributed by atoms with E-state index < -0.39 is 21.7 Å². The first-order valence-corrected chi connectivity index (χ1v) is 11.7. The molecule has 2 aliphatic carbocycles. The number of fused-ring (bicyclic) bond motifs is 1. The highest BCUT2D eigenvalue weighted by atomic mass is 32.2. The standard InChI is InChI=1S/C21H30N4O4S/c1-14-9-6-5-7-10-15-11-8-12-16(15)19(14)22-20(26)24-30(28,29)18-13-17(21(2,3)27)25(4)23-18/h10,13,27H,1,5-9,11-12H2,2-4H3,(H2,22,24,26)/b15-10-,19-16?. The molecule has 8 nitrogen and oxygen atoms in total. The number of carbonyl (C=O) groups is 1. The van der Waals surface area contributed by atoms with E-state index in [9.17, 15) is 18.3 Å². The Balaban J connectivity index is 1.83. The molecule has 2 aliphatic rings. The molecule has 0 aromatic carbocycles. The van der Waals surface area contributed by atoms with E-state index in [4.69, 9.17) is 0 Å². The van der Waals surface area contributed by atoms with Crippen LogP contribution in [0.2, 0.25) is 0 Å². The highest BCUT2D eigenvalue weighted by Gasteiger charge is 2.29. The van der Waals surface area contributed by atoms with Gasteiger partial charge in [0, 0.05) is 18.8 Å². The largest absolute Gasteiger partial charge is 0.384 e. The average molecular weight is 435 g/mol. The molecule has 0 spiro atoms. The summed E-state index contributed by atoms with van der Waals surface area (Å²) >= 11 is 0. The van der Waals surface area contributed by atoms with Crippen LogP contribution >= 0.6 is 0 Å². The van der Waals surface area contributed by atoms with Crippen molar-refractivity contribution in [3.63, 3.8) is 0 Å². The maximum absolute atomic E-state index is 12.7. The Kier molecular flexibility index (Phi) is 6.24. The lowest BCUT2D eigenvalue weighted by Gasteiger charge is -2.17. The summed E-state index contributed by atoms with van der Waals surface area (Å²) in [5.41, 5.74) is 2.76. The van der Waals surface area contributed by atoms with Crippen LogP contribution in [-0.4, -0.2) is 29.3 Å². The SMILES string of the molecule is C=C1CCCC/C=C2/CCCC2=C1NC(=O)NS(=O)(=O)c1cc(C(C)(C)O)n(C)n1. The van der Waals surface area contributed by atoms with Crippen molar-refractivity contribution < 1.29 is 18.3 Å². The fraction of sp³-hybridized carbons (Fsp3) is 0.524. The Bertz CT molecular complexity index is 1030. The lowest BCUT2D eigenvalue weighted by Crippen LogP contribution is -2.39. The molecule has 3 N–H and O–H groups in total. The normalized spacial score (nSPS) is 20.0. The molecule has 1 fully saturated rings. The summed E-state index contributed by atoms with van der Waals surface area (Å²) in [6.07, 6.45) is 8.81. The molecule has 164 valence electrons. The van der Waals surface area contributed by atoms with Gasteiger partial charge in [-0.2, -0.15) is 13.5 Å². The number of carbonyl (C=O) groups excluding carboxylic acids is 1. The van der Waals surface area contributed by atoms with Crippen LogP contribution in [-0.2, 0) is 22.7 Å². The molecule has 0 atom stereocenters. The third kappa shape index (κ3) is 4.84. The van der Waals surface area contributed by atoms with E-state index in [2.05, 4.69) is 23.1 Å². The molecule has 0 radical (unpaired) electrons. The van der Waals surface area contributed by atoms with Crippen molar-refractivity contribution in [2.45, 2.75) is 69.4 Å². The van der Waals surface area contributed by atoms with E-state index in [0.717, 1.165) is 56.1 Å². The van der Waals surface area contributed by atoms with Crippen molar-refractivity contribution in [1.29, 1.82) is 0 Å². The maximum atomic E-state index is 12.7. The van der Waals surface area contributed by atoms with Gasteiger partial charge in [0.25, 0.3) is 10.0 Å². The van der Waals surface area contributed by atoms with Crippen LogP contribution in [0.15, 0.2) is 46.2 Å². The fourth-order valence-electron chi connectivity index (χ4n) is 4.00. The van der Waals surface area contributed by atoms with Crippen molar-refractivity contribution >= 4 is 16.1 Å². The number of rotatable bonds is 4. The third-order valence-corrected chi connectivity index (χ3v) is 6.67. The zero-order valence-corrected chi connectivity index (χ0v) is 18.6. The number of hydrogen-bond donors (Lipinski definition) is 3. The molecule has 2 amide bonds. The molecule has 0 aliphatic heterocycles. The van der Waals surface area contributed by atoms with Crippen LogP contribution in [0.25, 0.3) is 0 Å². The Hall–Kier alpha value is -2.39. The van der Waals surface area contributed by atoms with Crippen LogP contribution in [0.5, 0.6) is 0 Å². The fourth-order valence-corrected chi connectivity index (χ4v) is 4.89. The van der Waals surface area contributed by atoms with Gasteiger partial charge in [-0.05, 0) is 75.5 Å². The number of aliphatic hydroxyl groups is 1. The minimum atomic E-state index is -4.21. The Morgan fingerprint density at radius 1 is 1.23 bits per heavy atom. The van der Waals surface area contributed by atoms with E-state index in [1.54, 1.807) is 0 Å². The Labute approximate surface area is 177 Å². The predicted molar refractivity (Wildman–Crippen MR) is 114 cm³/mol. The molecule has 0 unspecified atom stereocenters. The van der Waals surface area contributed by atoms with Crippen LogP contribution in [0.4, 0.5) is 4.79 Å². The summed E-state index contributed by atoms with van der Waals surface area (Å²) in [6.45, 7) is 7.19. The number of amides is 2. The van der Waals surface area contributed by atoms with Crippen molar-refractivity contribution in [1.82, 2.24) is 19.8 Å². The molecule has 0 saturated heterocycles. The summed E-state index contributed by atoms with van der Waals surface area (Å²) < 4.78 is 28.7. The zero-order valence-electron chi connectivity index (χ0n) is 17.8. The summed E-state index contributed by atoms with van der Waals surface area (Å²) in [5, 5.41) is 16.5. The number of aryl methyl sites for hydroxylation is 1. The molecule has 1 aromatic heterocycles. The minimum Gasteiger partial charge on any atom is -0.384 e. The minimum absolute atomic E-state index is 0.318. The van der Waals surface area contributed by atoms with Gasteiger partial charge < -0.3 is 10.4 Å². The van der Waals surface area contributed by atoms with Crippen LogP contribution in [0.3, 0.4) is 0 Å². The monoisotopic (exact) mass is 434 g/mol. The summed E-state index contributed by atoms with van der Waals surface area (Å²) in [5.74, 6) is 0. The number of hydrogen-bond acceptors (Lipinski definition) is 5. The van der Waals surface area contributed by atoms with Crippen molar-refractivity contribution in [2.75, 3.05) is 0 Å². The molecular weight excluding hydrogens is 404 g/mol. The number of sulfonamides is 1. The molecule has 1 saturated carbocycles. The van der Waals surface area contributed by atoms with E-state index >= 15 is 0 Å². The van der Waals surface area contributed by atoms with Crippen molar-refractivity contribution in [3.8, 4) is 0 Å². The maximum Gasteiger partial charge on any atom is 0.333 e. The third-order valence-electron chi connectivity index (χ3n) is 5.46.